The largest absolute Gasteiger partial charge is 0.460 e. The van der Waals surface area contributed by atoms with Crippen LogP contribution in [0.4, 0.5) is 0 Å². The number of aliphatic hydroxyl groups is 1. The summed E-state index contributed by atoms with van der Waals surface area (Å²) in [7, 11) is 0. The normalized spacial score (nSPS) is 30.8. The van der Waals surface area contributed by atoms with Crippen molar-refractivity contribution in [2.45, 2.75) is 81.2 Å². The van der Waals surface area contributed by atoms with Crippen LogP contribution in [0.3, 0.4) is 0 Å². The molecule has 12 nitrogen and oxygen atoms in total. The van der Waals surface area contributed by atoms with E-state index in [2.05, 4.69) is 39.3 Å². The lowest BCUT2D eigenvalue weighted by molar-refractivity contribution is -0.160. The minimum absolute atomic E-state index is 0.118. The zero-order valence-corrected chi connectivity index (χ0v) is 29.0. The molecule has 46 heavy (non-hydrogen) atoms. The first kappa shape index (κ1) is 36.5. The summed E-state index contributed by atoms with van der Waals surface area (Å²) in [5.74, 6) is -3.46. The number of fused-ring (bicyclic) bond motifs is 1. The van der Waals surface area contributed by atoms with Crippen molar-refractivity contribution in [3.63, 3.8) is 0 Å². The van der Waals surface area contributed by atoms with E-state index in [1.807, 2.05) is 13.8 Å². The molecule has 0 radical (unpaired) electrons. The van der Waals surface area contributed by atoms with Gasteiger partial charge in [0.1, 0.15) is 17.7 Å². The van der Waals surface area contributed by atoms with Gasteiger partial charge in [0.15, 0.2) is 0 Å². The van der Waals surface area contributed by atoms with Crippen LogP contribution in [0.5, 0.6) is 0 Å². The van der Waals surface area contributed by atoms with Gasteiger partial charge in [-0.3, -0.25) is 24.1 Å². The van der Waals surface area contributed by atoms with Crippen LogP contribution in [-0.2, 0) is 33.4 Å². The number of rotatable bonds is 17. The summed E-state index contributed by atoms with van der Waals surface area (Å²) in [6.07, 6.45) is 3.86. The van der Waals surface area contributed by atoms with Crippen molar-refractivity contribution in [2.24, 2.45) is 17.8 Å². The van der Waals surface area contributed by atoms with Gasteiger partial charge in [0.25, 0.3) is 0 Å². The molecule has 0 aromatic rings. The third-order valence-corrected chi connectivity index (χ3v) is 10.9. The highest BCUT2D eigenvalue weighted by atomic mass is 79.9. The van der Waals surface area contributed by atoms with Gasteiger partial charge in [-0.2, -0.15) is 0 Å². The van der Waals surface area contributed by atoms with E-state index in [-0.39, 0.29) is 54.6 Å². The molecule has 258 valence electrons. The van der Waals surface area contributed by atoms with E-state index in [0.717, 1.165) is 13.1 Å². The number of ether oxygens (including phenoxy) is 3. The number of likely N-dealkylation sites (tertiary alicyclic amines) is 1. The molecule has 13 heteroatoms. The number of morpholine rings is 1. The Balaban J connectivity index is 1.63. The lowest BCUT2D eigenvalue weighted by Gasteiger charge is -2.41. The average Bonchev–Trinajstić information content (AvgIpc) is 3.64. The number of allylic oxidation sites excluding steroid dienone is 1. The molecule has 2 bridgehead atoms. The summed E-state index contributed by atoms with van der Waals surface area (Å²) in [5.41, 5.74) is -1.28. The zero-order valence-electron chi connectivity index (χ0n) is 27.4. The van der Waals surface area contributed by atoms with Gasteiger partial charge in [0.05, 0.1) is 50.3 Å². The zero-order chi connectivity index (χ0) is 33.6. The van der Waals surface area contributed by atoms with E-state index in [1.54, 1.807) is 24.0 Å². The highest BCUT2D eigenvalue weighted by molar-refractivity contribution is 9.09. The van der Waals surface area contributed by atoms with Crippen molar-refractivity contribution in [3.8, 4) is 0 Å². The predicted molar refractivity (Wildman–Crippen MR) is 175 cm³/mol. The van der Waals surface area contributed by atoms with Crippen molar-refractivity contribution in [2.75, 3.05) is 59.1 Å². The molecule has 0 aromatic heterocycles. The maximum Gasteiger partial charge on any atom is 0.312 e. The molecule has 9 atom stereocenters. The highest BCUT2D eigenvalue weighted by Gasteiger charge is 2.77. The monoisotopic (exact) mass is 710 g/mol. The molecule has 4 heterocycles. The smallest absolute Gasteiger partial charge is 0.312 e. The molecule has 4 aliphatic heterocycles. The molecular weight excluding hydrogens is 660 g/mol. The number of hydrogen-bond donors (Lipinski definition) is 2. The quantitative estimate of drug-likeness (QED) is 0.131. The highest BCUT2D eigenvalue weighted by Crippen LogP contribution is 2.61. The molecule has 0 aliphatic carbocycles. The molecule has 4 fully saturated rings. The van der Waals surface area contributed by atoms with Gasteiger partial charge in [-0.1, -0.05) is 48.4 Å². The number of hydrogen-bond acceptors (Lipinski definition) is 9. The second kappa shape index (κ2) is 16.2. The third kappa shape index (κ3) is 7.38. The SMILES string of the molecule is C=CCCC(=O)NC[C@@H](C)OC(=O)[C@@H]1[C@H]2O[C@@]3(CC2Br)[C@H](C(=O)N(CC=C)CCN2CCOCC2)N([C@@H](CO)[C@@H](C)CC)C(=O)[C@@H]13. The Morgan fingerprint density at radius 1 is 1.24 bits per heavy atom. The Labute approximate surface area is 280 Å². The summed E-state index contributed by atoms with van der Waals surface area (Å²) < 4.78 is 17.9. The number of halogens is 1. The van der Waals surface area contributed by atoms with Crippen molar-refractivity contribution in [1.82, 2.24) is 20.0 Å². The van der Waals surface area contributed by atoms with Crippen LogP contribution in [0, 0.1) is 17.8 Å². The van der Waals surface area contributed by atoms with Crippen LogP contribution >= 0.6 is 15.9 Å². The second-order valence-electron chi connectivity index (χ2n) is 13.0. The van der Waals surface area contributed by atoms with Crippen molar-refractivity contribution < 1.29 is 38.5 Å². The summed E-state index contributed by atoms with van der Waals surface area (Å²) in [6, 6.07) is -1.68. The number of alkyl halides is 1. The van der Waals surface area contributed by atoms with Crippen molar-refractivity contribution >= 4 is 39.6 Å². The fourth-order valence-corrected chi connectivity index (χ4v) is 8.34. The number of aliphatic hydroxyl groups excluding tert-OH is 1. The van der Waals surface area contributed by atoms with Gasteiger partial charge in [-0.25, -0.2) is 0 Å². The number of amides is 3. The minimum atomic E-state index is -1.28. The standard InChI is InChI=1S/C33H51BrN4O8/c1-6-9-10-25(40)35-19-22(5)45-32(43)26-27-30(41)38(24(20-39)21(4)8-3)29(33(27)18-23(34)28(26)46-33)31(42)37(11-7-2)13-12-36-14-16-44-17-15-36/h6-7,21-24,26-29,39H,1-2,8-20H2,3-5H3,(H,35,40)/t21-,22+,23?,24-,26-,27+,28-,29-,33+/m0/s1. The van der Waals surface area contributed by atoms with Crippen LogP contribution in [0.25, 0.3) is 0 Å². The second-order valence-corrected chi connectivity index (χ2v) is 14.1. The molecule has 4 rings (SSSR count). The van der Waals surface area contributed by atoms with E-state index in [0.29, 0.717) is 45.6 Å². The van der Waals surface area contributed by atoms with E-state index >= 15 is 0 Å². The fraction of sp³-hybridized carbons (Fsp3) is 0.758. The molecule has 2 N–H and O–H groups in total. The summed E-state index contributed by atoms with van der Waals surface area (Å²) >= 11 is 3.70. The Morgan fingerprint density at radius 3 is 2.59 bits per heavy atom. The van der Waals surface area contributed by atoms with Gasteiger partial charge in [-0.15, -0.1) is 13.2 Å². The van der Waals surface area contributed by atoms with E-state index in [1.165, 1.54) is 4.90 Å². The van der Waals surface area contributed by atoms with E-state index in [9.17, 15) is 24.3 Å². The van der Waals surface area contributed by atoms with Gasteiger partial charge in [-0.05, 0) is 25.7 Å². The van der Waals surface area contributed by atoms with Crippen LogP contribution in [-0.4, -0.2) is 137 Å². The summed E-state index contributed by atoms with van der Waals surface area (Å²) in [5, 5.41) is 13.4. The minimum Gasteiger partial charge on any atom is -0.460 e. The first-order chi connectivity index (χ1) is 22.0. The van der Waals surface area contributed by atoms with Crippen LogP contribution in [0.15, 0.2) is 25.3 Å². The van der Waals surface area contributed by atoms with Crippen LogP contribution < -0.4 is 5.32 Å². The molecule has 3 amide bonds. The van der Waals surface area contributed by atoms with Crippen molar-refractivity contribution in [1.29, 1.82) is 0 Å². The number of nitrogens with one attached hydrogen (secondary N) is 1. The lowest BCUT2D eigenvalue weighted by Crippen LogP contribution is -2.60. The number of esters is 1. The maximum atomic E-state index is 14.7. The van der Waals surface area contributed by atoms with Crippen LogP contribution in [0.2, 0.25) is 0 Å². The molecule has 0 aromatic carbocycles. The van der Waals surface area contributed by atoms with Crippen molar-refractivity contribution in [3.05, 3.63) is 25.3 Å². The first-order valence-corrected chi connectivity index (χ1v) is 17.5. The molecule has 1 spiro atoms. The molecule has 4 saturated heterocycles. The fourth-order valence-electron chi connectivity index (χ4n) is 7.39. The Kier molecular flexibility index (Phi) is 12.8. The first-order valence-electron chi connectivity index (χ1n) is 16.6. The molecular formula is C33H51BrN4O8. The average molecular weight is 712 g/mol. The number of nitrogens with zero attached hydrogens (tertiary/aromatic N) is 3. The van der Waals surface area contributed by atoms with Gasteiger partial charge in [0.2, 0.25) is 17.7 Å². The van der Waals surface area contributed by atoms with E-state index < -0.39 is 47.7 Å². The van der Waals surface area contributed by atoms with E-state index in [4.69, 9.17) is 14.2 Å². The van der Waals surface area contributed by atoms with Gasteiger partial charge < -0.3 is 34.4 Å². The number of carbonyl (C=O) groups excluding carboxylic acids is 4. The lowest BCUT2D eigenvalue weighted by atomic mass is 9.70. The summed E-state index contributed by atoms with van der Waals surface area (Å²) in [6.45, 7) is 17.0. The Morgan fingerprint density at radius 2 is 1.96 bits per heavy atom. The summed E-state index contributed by atoms with van der Waals surface area (Å²) in [4.78, 5) is 60.3. The Bertz CT molecular complexity index is 1130. The Hall–Kier alpha value is -2.32. The third-order valence-electron chi connectivity index (χ3n) is 10.0. The van der Waals surface area contributed by atoms with Crippen LogP contribution in [0.1, 0.15) is 46.5 Å². The van der Waals surface area contributed by atoms with Gasteiger partial charge in [0, 0.05) is 44.0 Å². The molecule has 1 unspecified atom stereocenters. The molecule has 0 saturated carbocycles. The number of carbonyl (C=O) groups is 4. The maximum absolute atomic E-state index is 14.7. The molecule has 4 aliphatic rings. The van der Waals surface area contributed by atoms with Gasteiger partial charge >= 0.3 is 5.97 Å². The predicted octanol–water partition coefficient (Wildman–Crippen LogP) is 1.50. The topological polar surface area (TPSA) is 138 Å².